The second-order valence-corrected chi connectivity index (χ2v) is 5.83. The molecule has 1 saturated heterocycles. The van der Waals surface area contributed by atoms with Crippen molar-refractivity contribution in [2.24, 2.45) is 0 Å². The molecule has 0 spiro atoms. The molecular weight excluding hydrogens is 214 g/mol. The lowest BCUT2D eigenvalue weighted by atomic mass is 9.84. The number of phenols is 2. The number of nitrogens with one attached hydrogen (secondary N) is 1. The Bertz CT molecular complexity index is 415. The average molecular weight is 235 g/mol. The molecule has 0 bridgehead atoms. The quantitative estimate of drug-likeness (QED) is 0.656. The van der Waals surface area contributed by atoms with Crippen molar-refractivity contribution in [3.05, 3.63) is 23.3 Å². The summed E-state index contributed by atoms with van der Waals surface area (Å²) < 4.78 is 0. The third-order valence-corrected chi connectivity index (χ3v) is 3.42. The zero-order valence-corrected chi connectivity index (χ0v) is 10.7. The molecule has 1 aromatic rings. The molecule has 0 amide bonds. The van der Waals surface area contributed by atoms with Gasteiger partial charge in [-0.15, -0.1) is 0 Å². The van der Waals surface area contributed by atoms with Crippen molar-refractivity contribution in [1.82, 2.24) is 5.32 Å². The van der Waals surface area contributed by atoms with E-state index in [1.54, 1.807) is 6.07 Å². The molecule has 0 aromatic heterocycles. The fraction of sp³-hybridized carbons (Fsp3) is 0.571. The monoisotopic (exact) mass is 235 g/mol. The fourth-order valence-electron chi connectivity index (χ4n) is 2.29. The Balaban J connectivity index is 2.46. The topological polar surface area (TPSA) is 52.5 Å². The van der Waals surface area contributed by atoms with Gasteiger partial charge in [-0.05, 0) is 42.5 Å². The van der Waals surface area contributed by atoms with Gasteiger partial charge in [0.25, 0.3) is 0 Å². The summed E-state index contributed by atoms with van der Waals surface area (Å²) >= 11 is 0. The molecule has 1 aliphatic heterocycles. The van der Waals surface area contributed by atoms with Crippen LogP contribution in [0.4, 0.5) is 0 Å². The van der Waals surface area contributed by atoms with E-state index in [1.165, 1.54) is 0 Å². The van der Waals surface area contributed by atoms with Gasteiger partial charge in [-0.1, -0.05) is 20.8 Å². The maximum atomic E-state index is 9.96. The second kappa shape index (κ2) is 4.22. The summed E-state index contributed by atoms with van der Waals surface area (Å²) in [5.74, 6) is 0.0125. The molecule has 0 radical (unpaired) electrons. The average Bonchev–Trinajstić information content (AvgIpc) is 2.73. The van der Waals surface area contributed by atoms with Gasteiger partial charge in [0.05, 0.1) is 0 Å². The molecular formula is C14H21NO2. The van der Waals surface area contributed by atoms with Crippen LogP contribution in [0, 0.1) is 0 Å². The van der Waals surface area contributed by atoms with E-state index in [2.05, 4.69) is 26.1 Å². The van der Waals surface area contributed by atoms with E-state index in [0.29, 0.717) is 0 Å². The Kier molecular flexibility index (Phi) is 3.04. The first-order chi connectivity index (χ1) is 7.89. The van der Waals surface area contributed by atoms with Gasteiger partial charge in [0, 0.05) is 11.6 Å². The number of hydrogen-bond donors (Lipinski definition) is 3. The third-order valence-electron chi connectivity index (χ3n) is 3.42. The first kappa shape index (κ1) is 12.2. The van der Waals surface area contributed by atoms with E-state index in [1.807, 2.05) is 6.07 Å². The van der Waals surface area contributed by atoms with Crippen molar-refractivity contribution in [2.75, 3.05) is 6.54 Å². The first-order valence-corrected chi connectivity index (χ1v) is 6.19. The third kappa shape index (κ3) is 2.39. The molecule has 1 unspecified atom stereocenters. The number of phenolic OH excluding ortho intramolecular Hbond substituents is 2. The van der Waals surface area contributed by atoms with Crippen LogP contribution in [-0.2, 0) is 5.41 Å². The molecule has 0 saturated carbocycles. The van der Waals surface area contributed by atoms with Crippen LogP contribution in [0.5, 0.6) is 11.5 Å². The Morgan fingerprint density at radius 3 is 2.47 bits per heavy atom. The van der Waals surface area contributed by atoms with Crippen molar-refractivity contribution >= 4 is 0 Å². The lowest BCUT2D eigenvalue weighted by Crippen LogP contribution is -2.16. The largest absolute Gasteiger partial charge is 0.504 e. The first-order valence-electron chi connectivity index (χ1n) is 6.19. The Labute approximate surface area is 102 Å². The van der Waals surface area contributed by atoms with Crippen molar-refractivity contribution in [3.8, 4) is 11.5 Å². The van der Waals surface area contributed by atoms with Crippen LogP contribution in [0.15, 0.2) is 12.1 Å². The molecule has 1 atom stereocenters. The predicted molar refractivity (Wildman–Crippen MR) is 68.4 cm³/mol. The molecule has 17 heavy (non-hydrogen) atoms. The van der Waals surface area contributed by atoms with Crippen molar-refractivity contribution in [1.29, 1.82) is 0 Å². The number of hydrogen-bond acceptors (Lipinski definition) is 3. The highest BCUT2D eigenvalue weighted by atomic mass is 16.3. The predicted octanol–water partition coefficient (Wildman–Crippen LogP) is 2.82. The van der Waals surface area contributed by atoms with E-state index in [0.717, 1.165) is 30.5 Å². The van der Waals surface area contributed by atoms with E-state index in [4.69, 9.17) is 0 Å². The Morgan fingerprint density at radius 1 is 1.24 bits per heavy atom. The van der Waals surface area contributed by atoms with Gasteiger partial charge in [0.1, 0.15) is 0 Å². The van der Waals surface area contributed by atoms with E-state index in [-0.39, 0.29) is 23.0 Å². The van der Waals surface area contributed by atoms with Gasteiger partial charge >= 0.3 is 0 Å². The van der Waals surface area contributed by atoms with Crippen LogP contribution >= 0.6 is 0 Å². The molecule has 1 heterocycles. The highest BCUT2D eigenvalue weighted by Crippen LogP contribution is 2.40. The summed E-state index contributed by atoms with van der Waals surface area (Å²) in [4.78, 5) is 0. The van der Waals surface area contributed by atoms with Crippen LogP contribution in [0.2, 0.25) is 0 Å². The van der Waals surface area contributed by atoms with Gasteiger partial charge in [0.2, 0.25) is 0 Å². The maximum Gasteiger partial charge on any atom is 0.162 e. The van der Waals surface area contributed by atoms with Crippen molar-refractivity contribution in [2.45, 2.75) is 45.1 Å². The second-order valence-electron chi connectivity index (χ2n) is 5.83. The Morgan fingerprint density at radius 2 is 1.94 bits per heavy atom. The van der Waals surface area contributed by atoms with E-state index >= 15 is 0 Å². The van der Waals surface area contributed by atoms with Crippen LogP contribution < -0.4 is 5.32 Å². The van der Waals surface area contributed by atoms with Crippen molar-refractivity contribution in [3.63, 3.8) is 0 Å². The lowest BCUT2D eigenvalue weighted by molar-refractivity contribution is 0.391. The molecule has 1 fully saturated rings. The zero-order valence-electron chi connectivity index (χ0n) is 10.7. The minimum atomic E-state index is -0.0292. The molecule has 2 rings (SSSR count). The Hall–Kier alpha value is -1.22. The van der Waals surface area contributed by atoms with Crippen molar-refractivity contribution < 1.29 is 10.2 Å². The number of rotatable bonds is 1. The maximum absolute atomic E-state index is 9.96. The number of benzene rings is 1. The van der Waals surface area contributed by atoms with Gasteiger partial charge in [-0.3, -0.25) is 0 Å². The lowest BCUT2D eigenvalue weighted by Gasteiger charge is -2.23. The van der Waals surface area contributed by atoms with Crippen LogP contribution in [0.1, 0.15) is 50.8 Å². The highest BCUT2D eigenvalue weighted by Gasteiger charge is 2.24. The van der Waals surface area contributed by atoms with Crippen LogP contribution in [-0.4, -0.2) is 16.8 Å². The van der Waals surface area contributed by atoms with Gasteiger partial charge in [-0.2, -0.15) is 0 Å². The van der Waals surface area contributed by atoms with Crippen LogP contribution in [0.3, 0.4) is 0 Å². The summed E-state index contributed by atoms with van der Waals surface area (Å²) in [6.45, 7) is 7.28. The van der Waals surface area contributed by atoms with Gasteiger partial charge in [-0.25, -0.2) is 0 Å². The minimum Gasteiger partial charge on any atom is -0.504 e. The molecule has 3 heteroatoms. The van der Waals surface area contributed by atoms with E-state index < -0.39 is 0 Å². The molecule has 1 aromatic carbocycles. The van der Waals surface area contributed by atoms with Gasteiger partial charge < -0.3 is 15.5 Å². The zero-order chi connectivity index (χ0) is 12.6. The SMILES string of the molecule is CC(C)(C)c1cc(O)c(O)c(C2CCCN2)c1. The number of aromatic hydroxyl groups is 2. The summed E-state index contributed by atoms with van der Waals surface area (Å²) in [7, 11) is 0. The summed E-state index contributed by atoms with van der Waals surface area (Å²) in [6.07, 6.45) is 2.13. The smallest absolute Gasteiger partial charge is 0.162 e. The normalized spacial score (nSPS) is 20.8. The minimum absolute atomic E-state index is 0.0128. The fourth-order valence-corrected chi connectivity index (χ4v) is 2.29. The molecule has 94 valence electrons. The molecule has 0 aliphatic carbocycles. The molecule has 1 aliphatic rings. The highest BCUT2D eigenvalue weighted by molar-refractivity contribution is 5.50. The van der Waals surface area contributed by atoms with E-state index in [9.17, 15) is 10.2 Å². The molecule has 3 nitrogen and oxygen atoms in total. The standard InChI is InChI=1S/C14H21NO2/c1-14(2,3)9-7-10(11-5-4-6-15-11)13(17)12(16)8-9/h7-8,11,15-17H,4-6H2,1-3H3. The van der Waals surface area contributed by atoms with Crippen LogP contribution in [0.25, 0.3) is 0 Å². The summed E-state index contributed by atoms with van der Waals surface area (Å²) in [5, 5.41) is 23.1. The van der Waals surface area contributed by atoms with Gasteiger partial charge in [0.15, 0.2) is 11.5 Å². The summed E-state index contributed by atoms with van der Waals surface area (Å²) in [6, 6.07) is 3.84. The summed E-state index contributed by atoms with van der Waals surface area (Å²) in [5.41, 5.74) is 1.85. The molecule has 3 N–H and O–H groups in total.